The van der Waals surface area contributed by atoms with E-state index in [2.05, 4.69) is 274 Å². The average molecular weight is 920 g/mol. The Morgan fingerprint density at radius 3 is 1.56 bits per heavy atom. The molecule has 0 saturated carbocycles. The first-order chi connectivity index (χ1) is 35.5. The van der Waals surface area contributed by atoms with E-state index < -0.39 is 5.41 Å². The van der Waals surface area contributed by atoms with Gasteiger partial charge in [-0.25, -0.2) is 0 Å². The van der Waals surface area contributed by atoms with Crippen LogP contribution in [-0.2, 0) is 10.8 Å². The molecule has 11 aromatic carbocycles. The lowest BCUT2D eigenvalue weighted by atomic mass is 9.67. The maximum absolute atomic E-state index is 6.51. The zero-order chi connectivity index (χ0) is 48.0. The van der Waals surface area contributed by atoms with Crippen LogP contribution < -0.4 is 4.90 Å². The van der Waals surface area contributed by atoms with Crippen LogP contribution in [0, 0.1) is 0 Å². The van der Waals surface area contributed by atoms with Gasteiger partial charge in [-0.05, 0) is 132 Å². The van der Waals surface area contributed by atoms with Crippen LogP contribution in [0.3, 0.4) is 0 Å². The molecule has 0 fully saturated rings. The minimum atomic E-state index is -0.534. The van der Waals surface area contributed by atoms with Crippen molar-refractivity contribution in [3.05, 3.63) is 294 Å². The molecule has 0 N–H and O–H groups in total. The maximum atomic E-state index is 6.51. The van der Waals surface area contributed by atoms with Gasteiger partial charge < -0.3 is 9.32 Å². The molecule has 0 amide bonds. The third-order valence-corrected chi connectivity index (χ3v) is 15.8. The quantitative estimate of drug-likeness (QED) is 0.151. The number of hydrogen-bond donors (Lipinski definition) is 0. The highest BCUT2D eigenvalue weighted by Gasteiger charge is 2.47. The first kappa shape index (κ1) is 41.9. The van der Waals surface area contributed by atoms with E-state index in [1.165, 1.54) is 77.9 Å². The molecule has 1 aromatic heterocycles. The standard InChI is InChI=1S/C70H49NO/c1-69(2)62-29-14-12-24-57(62)58-43-41-54(45-64(58)69)71(53-39-34-48(35-40-53)56-27-16-28-60-59-25-13-15-31-66(59)72-68(56)60)52-37-32-47(33-38-52)55-26-17-30-63-67(55)61-42-36-49(46-18-6-3-7-19-46)44-65(61)70(63,50-20-8-4-9-21-50)51-22-10-5-11-23-51/h3-45H,1-2H3. The number of para-hydroxylation sites is 2. The van der Waals surface area contributed by atoms with Crippen LogP contribution in [0.25, 0.3) is 77.6 Å². The van der Waals surface area contributed by atoms with Crippen molar-refractivity contribution in [2.45, 2.75) is 24.7 Å². The van der Waals surface area contributed by atoms with Gasteiger partial charge >= 0.3 is 0 Å². The first-order valence-corrected chi connectivity index (χ1v) is 25.1. The van der Waals surface area contributed by atoms with Crippen molar-refractivity contribution in [2.75, 3.05) is 4.90 Å². The van der Waals surface area contributed by atoms with Crippen LogP contribution in [0.5, 0.6) is 0 Å². The Kier molecular flexibility index (Phi) is 9.50. The average Bonchev–Trinajstić information content (AvgIpc) is 4.05. The van der Waals surface area contributed by atoms with E-state index in [0.717, 1.165) is 50.1 Å². The molecule has 72 heavy (non-hydrogen) atoms. The predicted molar refractivity (Wildman–Crippen MR) is 300 cm³/mol. The summed E-state index contributed by atoms with van der Waals surface area (Å²) in [5, 5.41) is 2.27. The third-order valence-electron chi connectivity index (χ3n) is 15.8. The fourth-order valence-electron chi connectivity index (χ4n) is 12.4. The molecule has 14 rings (SSSR count). The molecular weight excluding hydrogens is 871 g/mol. The topological polar surface area (TPSA) is 16.4 Å². The Labute approximate surface area is 420 Å². The SMILES string of the molecule is CC1(C)c2ccccc2-c2ccc(N(c3ccc(-c4cccc5c4-c4ccc(-c6ccccc6)cc4C5(c4ccccc4)c4ccccc4)cc3)c3ccc(-c4cccc5c4oc4ccccc45)cc3)cc21. The molecule has 0 spiro atoms. The van der Waals surface area contributed by atoms with Crippen molar-refractivity contribution < 1.29 is 4.42 Å². The number of hydrogen-bond acceptors (Lipinski definition) is 2. The lowest BCUT2D eigenvalue weighted by Gasteiger charge is -2.34. The van der Waals surface area contributed by atoms with E-state index in [4.69, 9.17) is 4.42 Å². The van der Waals surface area contributed by atoms with Gasteiger partial charge in [-0.15, -0.1) is 0 Å². The summed E-state index contributed by atoms with van der Waals surface area (Å²) in [4.78, 5) is 2.42. The molecule has 1 heterocycles. The maximum Gasteiger partial charge on any atom is 0.143 e. The Morgan fingerprint density at radius 2 is 0.833 bits per heavy atom. The monoisotopic (exact) mass is 919 g/mol. The molecule has 2 aliphatic carbocycles. The Hall–Kier alpha value is -8.98. The van der Waals surface area contributed by atoms with Crippen LogP contribution >= 0.6 is 0 Å². The summed E-state index contributed by atoms with van der Waals surface area (Å²) < 4.78 is 6.51. The van der Waals surface area contributed by atoms with Gasteiger partial charge in [0, 0.05) is 38.8 Å². The largest absolute Gasteiger partial charge is 0.455 e. The van der Waals surface area contributed by atoms with Gasteiger partial charge in [0.2, 0.25) is 0 Å². The first-order valence-electron chi connectivity index (χ1n) is 25.1. The second-order valence-electron chi connectivity index (χ2n) is 19.9. The normalized spacial score (nSPS) is 13.6. The second-order valence-corrected chi connectivity index (χ2v) is 19.9. The zero-order valence-electron chi connectivity index (χ0n) is 40.2. The predicted octanol–water partition coefficient (Wildman–Crippen LogP) is 18.7. The molecule has 0 saturated heterocycles. The smallest absolute Gasteiger partial charge is 0.143 e. The summed E-state index contributed by atoms with van der Waals surface area (Å²) in [5.74, 6) is 0. The van der Waals surface area contributed by atoms with Crippen molar-refractivity contribution in [3.63, 3.8) is 0 Å². The Morgan fingerprint density at radius 1 is 0.319 bits per heavy atom. The highest BCUT2D eigenvalue weighted by Crippen LogP contribution is 2.59. The van der Waals surface area contributed by atoms with Crippen molar-refractivity contribution in [1.29, 1.82) is 0 Å². The highest BCUT2D eigenvalue weighted by atomic mass is 16.3. The van der Waals surface area contributed by atoms with Crippen molar-refractivity contribution >= 4 is 39.0 Å². The van der Waals surface area contributed by atoms with Crippen LogP contribution in [0.2, 0.25) is 0 Å². The molecule has 2 aliphatic rings. The summed E-state index contributed by atoms with van der Waals surface area (Å²) in [6, 6.07) is 96.0. The Balaban J connectivity index is 0.921. The van der Waals surface area contributed by atoms with E-state index in [0.29, 0.717) is 0 Å². The van der Waals surface area contributed by atoms with Crippen LogP contribution in [0.4, 0.5) is 17.1 Å². The molecule has 0 aliphatic heterocycles. The highest BCUT2D eigenvalue weighted by molar-refractivity contribution is 6.09. The van der Waals surface area contributed by atoms with Gasteiger partial charge in [0.25, 0.3) is 0 Å². The summed E-state index contributed by atoms with van der Waals surface area (Å²) in [6.45, 7) is 4.72. The van der Waals surface area contributed by atoms with Crippen molar-refractivity contribution in [3.8, 4) is 55.6 Å². The summed E-state index contributed by atoms with van der Waals surface area (Å²) in [5.41, 5.74) is 24.4. The fraction of sp³-hybridized carbons (Fsp3) is 0.0571. The third kappa shape index (κ3) is 6.28. The van der Waals surface area contributed by atoms with Gasteiger partial charge in [-0.3, -0.25) is 0 Å². The van der Waals surface area contributed by atoms with Gasteiger partial charge in [-0.1, -0.05) is 226 Å². The lowest BCUT2D eigenvalue weighted by Crippen LogP contribution is -2.28. The van der Waals surface area contributed by atoms with Crippen molar-refractivity contribution in [2.24, 2.45) is 0 Å². The molecule has 2 heteroatoms. The number of rotatable bonds is 8. The van der Waals surface area contributed by atoms with Gasteiger partial charge in [0.1, 0.15) is 11.2 Å². The molecular formula is C70H49NO. The van der Waals surface area contributed by atoms with Gasteiger partial charge in [0.05, 0.1) is 5.41 Å². The molecule has 2 nitrogen and oxygen atoms in total. The fourth-order valence-corrected chi connectivity index (χ4v) is 12.4. The minimum Gasteiger partial charge on any atom is -0.455 e. The van der Waals surface area contributed by atoms with Crippen molar-refractivity contribution in [1.82, 2.24) is 0 Å². The molecule has 0 unspecified atom stereocenters. The van der Waals surface area contributed by atoms with E-state index in [1.807, 2.05) is 6.07 Å². The van der Waals surface area contributed by atoms with Crippen LogP contribution in [0.1, 0.15) is 47.2 Å². The summed E-state index contributed by atoms with van der Waals surface area (Å²) in [7, 11) is 0. The molecule has 0 bridgehead atoms. The molecule has 0 radical (unpaired) electrons. The van der Waals surface area contributed by atoms with E-state index in [9.17, 15) is 0 Å². The second kappa shape index (κ2) is 16.3. The number of benzene rings is 11. The lowest BCUT2D eigenvalue weighted by molar-refractivity contribution is 0.660. The zero-order valence-corrected chi connectivity index (χ0v) is 40.2. The number of fused-ring (bicyclic) bond motifs is 9. The number of furan rings is 1. The van der Waals surface area contributed by atoms with Gasteiger partial charge in [-0.2, -0.15) is 0 Å². The van der Waals surface area contributed by atoms with Gasteiger partial charge in [0.15, 0.2) is 0 Å². The molecule has 12 aromatic rings. The summed E-state index contributed by atoms with van der Waals surface area (Å²) in [6.07, 6.45) is 0. The minimum absolute atomic E-state index is 0.146. The number of anilines is 3. The van der Waals surface area contributed by atoms with E-state index in [1.54, 1.807) is 0 Å². The Bertz CT molecular complexity index is 4000. The molecule has 0 atom stereocenters. The number of nitrogens with zero attached hydrogens (tertiary/aromatic N) is 1. The van der Waals surface area contributed by atoms with Crippen LogP contribution in [0.15, 0.2) is 265 Å². The summed E-state index contributed by atoms with van der Waals surface area (Å²) >= 11 is 0. The van der Waals surface area contributed by atoms with E-state index in [-0.39, 0.29) is 5.41 Å². The molecule has 340 valence electrons. The van der Waals surface area contributed by atoms with Crippen LogP contribution in [-0.4, -0.2) is 0 Å². The van der Waals surface area contributed by atoms with E-state index >= 15 is 0 Å².